The molecule has 0 bridgehead atoms. The first-order valence-corrected chi connectivity index (χ1v) is 8.43. The van der Waals surface area contributed by atoms with Gasteiger partial charge in [-0.05, 0) is 19.9 Å². The first-order valence-electron chi connectivity index (χ1n) is 8.43. The van der Waals surface area contributed by atoms with E-state index in [2.05, 4.69) is 5.32 Å². The van der Waals surface area contributed by atoms with Crippen molar-refractivity contribution >= 4 is 11.8 Å². The quantitative estimate of drug-likeness (QED) is 0.841. The van der Waals surface area contributed by atoms with Gasteiger partial charge in [0.15, 0.2) is 0 Å². The largest absolute Gasteiger partial charge is 0.497 e. The van der Waals surface area contributed by atoms with Crippen LogP contribution in [0.25, 0.3) is 0 Å². The van der Waals surface area contributed by atoms with E-state index in [0.29, 0.717) is 24.4 Å². The van der Waals surface area contributed by atoms with Crippen LogP contribution in [0.3, 0.4) is 0 Å². The van der Waals surface area contributed by atoms with E-state index in [0.717, 1.165) is 0 Å². The second-order valence-corrected chi connectivity index (χ2v) is 6.54. The van der Waals surface area contributed by atoms with Crippen molar-refractivity contribution in [3.63, 3.8) is 0 Å². The lowest BCUT2D eigenvalue weighted by Gasteiger charge is -2.36. The molecule has 0 saturated carbocycles. The van der Waals surface area contributed by atoms with Crippen molar-refractivity contribution in [1.82, 2.24) is 15.1 Å². The predicted octanol–water partition coefficient (Wildman–Crippen LogP) is 1.39. The number of amides is 2. The smallest absolute Gasteiger partial charge is 0.237 e. The van der Waals surface area contributed by atoms with E-state index in [1.54, 1.807) is 24.1 Å². The molecule has 6 nitrogen and oxygen atoms in total. The Labute approximate surface area is 147 Å². The number of carbonyl (C=O) groups excluding carboxylic acids is 2. The van der Waals surface area contributed by atoms with Crippen LogP contribution < -0.4 is 10.1 Å². The molecule has 2 rings (SSSR count). The van der Waals surface area contributed by atoms with Gasteiger partial charge in [-0.2, -0.15) is 0 Å². The maximum absolute atomic E-state index is 14.2. The molecule has 0 aliphatic carbocycles. The van der Waals surface area contributed by atoms with Crippen LogP contribution in [0.1, 0.15) is 25.8 Å². The average Bonchev–Trinajstić information content (AvgIpc) is 2.58. The molecular formula is C18H26FN3O3. The number of carbonyl (C=O) groups is 2. The van der Waals surface area contributed by atoms with Gasteiger partial charge >= 0.3 is 0 Å². The van der Waals surface area contributed by atoms with E-state index in [-0.39, 0.29) is 36.6 Å². The minimum absolute atomic E-state index is 0.0617. The van der Waals surface area contributed by atoms with Crippen LogP contribution in [0.5, 0.6) is 5.75 Å². The Balaban J connectivity index is 2.14. The molecule has 1 fully saturated rings. The van der Waals surface area contributed by atoms with Crippen molar-refractivity contribution in [2.75, 3.05) is 27.2 Å². The number of hydrogen-bond donors (Lipinski definition) is 1. The minimum atomic E-state index is -0.594. The molecule has 0 aromatic heterocycles. The first-order chi connectivity index (χ1) is 11.8. The fraction of sp³-hybridized carbons (Fsp3) is 0.556. The van der Waals surface area contributed by atoms with Crippen molar-refractivity contribution in [2.24, 2.45) is 0 Å². The fourth-order valence-electron chi connectivity index (χ4n) is 2.77. The summed E-state index contributed by atoms with van der Waals surface area (Å²) in [7, 11) is 3.21. The molecule has 1 unspecified atom stereocenters. The number of hydrogen-bond acceptors (Lipinski definition) is 4. The van der Waals surface area contributed by atoms with Crippen LogP contribution in [0.4, 0.5) is 4.39 Å². The van der Waals surface area contributed by atoms with Crippen LogP contribution in [0.15, 0.2) is 18.2 Å². The third kappa shape index (κ3) is 4.69. The molecule has 1 saturated heterocycles. The lowest BCUT2D eigenvalue weighted by molar-refractivity contribution is -0.139. The van der Waals surface area contributed by atoms with Gasteiger partial charge in [-0.1, -0.05) is 6.07 Å². The molecule has 2 amide bonds. The summed E-state index contributed by atoms with van der Waals surface area (Å²) in [5.41, 5.74) is 0.477. The van der Waals surface area contributed by atoms with Gasteiger partial charge in [0.25, 0.3) is 0 Å². The summed E-state index contributed by atoms with van der Waals surface area (Å²) in [5.74, 6) is -0.222. The van der Waals surface area contributed by atoms with E-state index in [1.165, 1.54) is 13.2 Å². The molecule has 25 heavy (non-hydrogen) atoms. The Bertz CT molecular complexity index is 636. The number of benzene rings is 1. The number of nitrogens with one attached hydrogen (secondary N) is 1. The number of halogens is 1. The average molecular weight is 351 g/mol. The van der Waals surface area contributed by atoms with Gasteiger partial charge in [-0.3, -0.25) is 14.5 Å². The number of methoxy groups -OCH3 is 1. The van der Waals surface area contributed by atoms with E-state index < -0.39 is 6.04 Å². The highest BCUT2D eigenvalue weighted by Crippen LogP contribution is 2.20. The lowest BCUT2D eigenvalue weighted by Crippen LogP contribution is -2.56. The number of nitrogens with zero attached hydrogens (tertiary/aromatic N) is 2. The van der Waals surface area contributed by atoms with Gasteiger partial charge in [0.1, 0.15) is 11.6 Å². The molecule has 1 heterocycles. The Morgan fingerprint density at radius 2 is 2.20 bits per heavy atom. The zero-order chi connectivity index (χ0) is 18.6. The molecule has 138 valence electrons. The van der Waals surface area contributed by atoms with E-state index in [1.807, 2.05) is 18.7 Å². The zero-order valence-electron chi connectivity index (χ0n) is 15.2. The summed E-state index contributed by atoms with van der Waals surface area (Å²) in [6.07, 6.45) is 0.0816. The summed E-state index contributed by atoms with van der Waals surface area (Å²) in [4.78, 5) is 28.1. The monoisotopic (exact) mass is 351 g/mol. The van der Waals surface area contributed by atoms with Gasteiger partial charge in [0.05, 0.1) is 19.6 Å². The summed E-state index contributed by atoms with van der Waals surface area (Å²) in [6, 6.07) is 4.14. The molecule has 1 aromatic rings. The maximum Gasteiger partial charge on any atom is 0.237 e. The Morgan fingerprint density at radius 1 is 1.48 bits per heavy atom. The van der Waals surface area contributed by atoms with Crippen molar-refractivity contribution in [1.29, 1.82) is 0 Å². The SMILES string of the molecule is COc1ccc(CN2CCNC(=O)C2CC(=O)N(C)C(C)C)c(F)c1. The third-order valence-corrected chi connectivity index (χ3v) is 4.61. The first kappa shape index (κ1) is 19.2. The number of piperazine rings is 1. The van der Waals surface area contributed by atoms with Crippen LogP contribution >= 0.6 is 0 Å². The molecule has 7 heteroatoms. The van der Waals surface area contributed by atoms with E-state index in [9.17, 15) is 14.0 Å². The summed E-state index contributed by atoms with van der Waals surface area (Å²) < 4.78 is 19.2. The molecular weight excluding hydrogens is 325 g/mol. The highest BCUT2D eigenvalue weighted by Gasteiger charge is 2.33. The van der Waals surface area contributed by atoms with Crippen LogP contribution in [-0.4, -0.2) is 60.9 Å². The summed E-state index contributed by atoms with van der Waals surface area (Å²) >= 11 is 0. The molecule has 1 N–H and O–H groups in total. The van der Waals surface area contributed by atoms with Crippen LogP contribution in [0.2, 0.25) is 0 Å². The molecule has 0 spiro atoms. The second kappa shape index (κ2) is 8.29. The van der Waals surface area contributed by atoms with Crippen molar-refractivity contribution in [3.05, 3.63) is 29.6 Å². The minimum Gasteiger partial charge on any atom is -0.497 e. The fourth-order valence-corrected chi connectivity index (χ4v) is 2.77. The number of ether oxygens (including phenoxy) is 1. The Kier molecular flexibility index (Phi) is 6.36. The highest BCUT2D eigenvalue weighted by atomic mass is 19.1. The van der Waals surface area contributed by atoms with Gasteiger partial charge in [0, 0.05) is 44.4 Å². The molecule has 1 aromatic carbocycles. The van der Waals surface area contributed by atoms with Crippen LogP contribution in [0, 0.1) is 5.82 Å². The zero-order valence-corrected chi connectivity index (χ0v) is 15.2. The molecule has 0 radical (unpaired) electrons. The second-order valence-electron chi connectivity index (χ2n) is 6.54. The third-order valence-electron chi connectivity index (χ3n) is 4.61. The van der Waals surface area contributed by atoms with Crippen molar-refractivity contribution < 1.29 is 18.7 Å². The van der Waals surface area contributed by atoms with Crippen molar-refractivity contribution in [3.8, 4) is 5.75 Å². The van der Waals surface area contributed by atoms with Gasteiger partial charge in [0.2, 0.25) is 11.8 Å². The van der Waals surface area contributed by atoms with Crippen molar-refractivity contribution in [2.45, 2.75) is 38.9 Å². The lowest BCUT2D eigenvalue weighted by atomic mass is 10.1. The van der Waals surface area contributed by atoms with E-state index in [4.69, 9.17) is 4.74 Å². The van der Waals surface area contributed by atoms with Gasteiger partial charge < -0.3 is 15.0 Å². The number of rotatable bonds is 6. The molecule has 1 aliphatic rings. The Morgan fingerprint density at radius 3 is 2.80 bits per heavy atom. The van der Waals surface area contributed by atoms with Gasteiger partial charge in [-0.25, -0.2) is 4.39 Å². The topological polar surface area (TPSA) is 61.9 Å². The summed E-state index contributed by atoms with van der Waals surface area (Å²) in [5, 5.41) is 2.79. The normalized spacial score (nSPS) is 18.2. The van der Waals surface area contributed by atoms with Gasteiger partial charge in [-0.15, -0.1) is 0 Å². The van der Waals surface area contributed by atoms with E-state index >= 15 is 0 Å². The molecule has 1 aliphatic heterocycles. The molecule has 1 atom stereocenters. The maximum atomic E-state index is 14.2. The van der Waals surface area contributed by atoms with Crippen LogP contribution in [-0.2, 0) is 16.1 Å². The highest BCUT2D eigenvalue weighted by molar-refractivity contribution is 5.88. The summed E-state index contributed by atoms with van der Waals surface area (Å²) in [6.45, 7) is 5.17. The Hall–Kier alpha value is -2.15. The predicted molar refractivity (Wildman–Crippen MR) is 92.7 cm³/mol. The standard InChI is InChI=1S/C18H26FN3O3/c1-12(2)21(3)17(23)10-16-18(24)20-7-8-22(16)11-13-5-6-14(25-4)9-15(13)19/h5-6,9,12,16H,7-8,10-11H2,1-4H3,(H,20,24).